The van der Waals surface area contributed by atoms with Gasteiger partial charge in [-0.05, 0) is 48.0 Å². The van der Waals surface area contributed by atoms with Crippen LogP contribution in [0.3, 0.4) is 0 Å². The summed E-state index contributed by atoms with van der Waals surface area (Å²) in [7, 11) is 0. The Morgan fingerprint density at radius 2 is 1.94 bits per heavy atom. The van der Waals surface area contributed by atoms with Crippen LogP contribution in [0.25, 0.3) is 0 Å². The lowest BCUT2D eigenvalue weighted by molar-refractivity contribution is -0.0722. The van der Waals surface area contributed by atoms with E-state index in [1.54, 1.807) is 0 Å². The van der Waals surface area contributed by atoms with Gasteiger partial charge >= 0.3 is 0 Å². The standard InChI is InChI=1S/C13H16BrClO2/c1-8-5-11(6-9(2)16-8)17-13-4-3-10(15)7-12(13)14/h3-4,7-9,11H,5-6H2,1-2H3. The Morgan fingerprint density at radius 3 is 2.53 bits per heavy atom. The Kier molecular flexibility index (Phi) is 4.34. The van der Waals surface area contributed by atoms with E-state index in [1.165, 1.54) is 0 Å². The first-order chi connectivity index (χ1) is 8.04. The van der Waals surface area contributed by atoms with Crippen LogP contribution in [-0.4, -0.2) is 18.3 Å². The molecule has 1 aromatic rings. The summed E-state index contributed by atoms with van der Waals surface area (Å²) in [5.74, 6) is 0.848. The molecule has 0 N–H and O–H groups in total. The van der Waals surface area contributed by atoms with E-state index in [-0.39, 0.29) is 18.3 Å². The van der Waals surface area contributed by atoms with Crippen LogP contribution >= 0.6 is 27.5 Å². The van der Waals surface area contributed by atoms with Crippen LogP contribution < -0.4 is 4.74 Å². The van der Waals surface area contributed by atoms with Crippen LogP contribution in [0.4, 0.5) is 0 Å². The Morgan fingerprint density at radius 1 is 1.29 bits per heavy atom. The largest absolute Gasteiger partial charge is 0.489 e. The van der Waals surface area contributed by atoms with Crippen molar-refractivity contribution in [1.29, 1.82) is 0 Å². The quantitative estimate of drug-likeness (QED) is 0.802. The highest BCUT2D eigenvalue weighted by Gasteiger charge is 2.26. The molecular weight excluding hydrogens is 303 g/mol. The molecule has 2 atom stereocenters. The lowest BCUT2D eigenvalue weighted by Gasteiger charge is -2.32. The first-order valence-corrected chi connectivity index (χ1v) is 6.99. The van der Waals surface area contributed by atoms with Crippen molar-refractivity contribution in [2.75, 3.05) is 0 Å². The van der Waals surface area contributed by atoms with E-state index >= 15 is 0 Å². The molecule has 0 amide bonds. The number of benzene rings is 1. The Balaban J connectivity index is 2.04. The molecule has 0 spiro atoms. The maximum atomic E-state index is 6.00. The summed E-state index contributed by atoms with van der Waals surface area (Å²) in [6, 6.07) is 5.59. The molecular formula is C13H16BrClO2. The third-order valence-electron chi connectivity index (χ3n) is 2.84. The van der Waals surface area contributed by atoms with Gasteiger partial charge in [-0.25, -0.2) is 0 Å². The molecule has 4 heteroatoms. The predicted octanol–water partition coefficient (Wildman–Crippen LogP) is 4.44. The average molecular weight is 320 g/mol. The van der Waals surface area contributed by atoms with Crippen molar-refractivity contribution in [2.24, 2.45) is 0 Å². The molecule has 2 unspecified atom stereocenters. The van der Waals surface area contributed by atoms with E-state index in [4.69, 9.17) is 21.1 Å². The van der Waals surface area contributed by atoms with Crippen LogP contribution in [-0.2, 0) is 4.74 Å². The van der Waals surface area contributed by atoms with Gasteiger partial charge < -0.3 is 9.47 Å². The van der Waals surface area contributed by atoms with Gasteiger partial charge in [0.15, 0.2) is 0 Å². The molecule has 1 saturated heterocycles. The van der Waals surface area contributed by atoms with E-state index in [2.05, 4.69) is 29.8 Å². The minimum absolute atomic E-state index is 0.214. The molecule has 0 radical (unpaired) electrons. The summed E-state index contributed by atoms with van der Waals surface area (Å²) in [5, 5.41) is 0.706. The number of rotatable bonds is 2. The molecule has 1 heterocycles. The number of halogens is 2. The Labute approximate surface area is 115 Å². The lowest BCUT2D eigenvalue weighted by atomic mass is 10.0. The molecule has 94 valence electrons. The number of hydrogen-bond donors (Lipinski definition) is 0. The summed E-state index contributed by atoms with van der Waals surface area (Å²) in [6.07, 6.45) is 2.59. The van der Waals surface area contributed by atoms with Gasteiger partial charge in [0.1, 0.15) is 11.9 Å². The van der Waals surface area contributed by atoms with Crippen molar-refractivity contribution in [2.45, 2.75) is 45.0 Å². The monoisotopic (exact) mass is 318 g/mol. The van der Waals surface area contributed by atoms with Gasteiger partial charge in [-0.2, -0.15) is 0 Å². The van der Waals surface area contributed by atoms with Crippen LogP contribution in [0.15, 0.2) is 22.7 Å². The van der Waals surface area contributed by atoms with Gasteiger partial charge in [-0.1, -0.05) is 11.6 Å². The Hall–Kier alpha value is -0.250. The zero-order chi connectivity index (χ0) is 12.4. The molecule has 2 nitrogen and oxygen atoms in total. The van der Waals surface area contributed by atoms with E-state index in [0.29, 0.717) is 5.02 Å². The normalized spacial score (nSPS) is 29.1. The van der Waals surface area contributed by atoms with Crippen molar-refractivity contribution in [3.8, 4) is 5.75 Å². The molecule has 2 rings (SSSR count). The number of hydrogen-bond acceptors (Lipinski definition) is 2. The van der Waals surface area contributed by atoms with E-state index in [0.717, 1.165) is 23.1 Å². The number of ether oxygens (including phenoxy) is 2. The highest BCUT2D eigenvalue weighted by molar-refractivity contribution is 9.10. The Bertz CT molecular complexity index is 387. The average Bonchev–Trinajstić information content (AvgIpc) is 2.21. The molecule has 1 fully saturated rings. The van der Waals surface area contributed by atoms with Gasteiger partial charge in [0.05, 0.1) is 16.7 Å². The molecule has 0 saturated carbocycles. The molecule has 0 bridgehead atoms. The zero-order valence-corrected chi connectivity index (χ0v) is 12.3. The van der Waals surface area contributed by atoms with Crippen molar-refractivity contribution in [1.82, 2.24) is 0 Å². The van der Waals surface area contributed by atoms with Crippen LogP contribution in [0.5, 0.6) is 5.75 Å². The second-order valence-corrected chi connectivity index (χ2v) is 5.83. The molecule has 17 heavy (non-hydrogen) atoms. The molecule has 1 aliphatic heterocycles. The zero-order valence-electron chi connectivity index (χ0n) is 9.95. The highest BCUT2D eigenvalue weighted by atomic mass is 79.9. The molecule has 1 aliphatic rings. The van der Waals surface area contributed by atoms with Crippen LogP contribution in [0, 0.1) is 0 Å². The van der Waals surface area contributed by atoms with Gasteiger partial charge in [0.25, 0.3) is 0 Å². The van der Waals surface area contributed by atoms with Crippen molar-refractivity contribution < 1.29 is 9.47 Å². The first-order valence-electron chi connectivity index (χ1n) is 5.81. The summed E-state index contributed by atoms with van der Waals surface area (Å²) in [6.45, 7) is 4.17. The second kappa shape index (κ2) is 5.59. The first kappa shape index (κ1) is 13.2. The molecule has 1 aromatic carbocycles. The molecule has 0 aromatic heterocycles. The van der Waals surface area contributed by atoms with Crippen LogP contribution in [0.2, 0.25) is 5.02 Å². The maximum Gasteiger partial charge on any atom is 0.134 e. The summed E-state index contributed by atoms with van der Waals surface area (Å²) in [5.41, 5.74) is 0. The van der Waals surface area contributed by atoms with E-state index in [9.17, 15) is 0 Å². The van der Waals surface area contributed by atoms with Gasteiger partial charge in [-0.3, -0.25) is 0 Å². The highest BCUT2D eigenvalue weighted by Crippen LogP contribution is 2.31. The van der Waals surface area contributed by atoms with Crippen molar-refractivity contribution >= 4 is 27.5 Å². The fourth-order valence-electron chi connectivity index (χ4n) is 2.19. The fraction of sp³-hybridized carbons (Fsp3) is 0.538. The lowest BCUT2D eigenvalue weighted by Crippen LogP contribution is -2.35. The van der Waals surface area contributed by atoms with Crippen molar-refractivity contribution in [3.05, 3.63) is 27.7 Å². The van der Waals surface area contributed by atoms with E-state index < -0.39 is 0 Å². The minimum atomic E-state index is 0.214. The summed E-state index contributed by atoms with van der Waals surface area (Å²) < 4.78 is 12.6. The third-order valence-corrected chi connectivity index (χ3v) is 3.70. The second-order valence-electron chi connectivity index (χ2n) is 4.54. The fourth-order valence-corrected chi connectivity index (χ4v) is 2.97. The van der Waals surface area contributed by atoms with E-state index in [1.807, 2.05) is 18.2 Å². The predicted molar refractivity (Wildman–Crippen MR) is 72.8 cm³/mol. The molecule has 0 aliphatic carbocycles. The van der Waals surface area contributed by atoms with Gasteiger partial charge in [0.2, 0.25) is 0 Å². The summed E-state index contributed by atoms with van der Waals surface area (Å²) >= 11 is 9.36. The van der Waals surface area contributed by atoms with Crippen LogP contribution in [0.1, 0.15) is 26.7 Å². The maximum absolute atomic E-state index is 6.00. The topological polar surface area (TPSA) is 18.5 Å². The smallest absolute Gasteiger partial charge is 0.134 e. The van der Waals surface area contributed by atoms with Gasteiger partial charge in [-0.15, -0.1) is 0 Å². The van der Waals surface area contributed by atoms with Crippen molar-refractivity contribution in [3.63, 3.8) is 0 Å². The minimum Gasteiger partial charge on any atom is -0.489 e. The summed E-state index contributed by atoms with van der Waals surface area (Å²) in [4.78, 5) is 0. The SMILES string of the molecule is CC1CC(Oc2ccc(Cl)cc2Br)CC(C)O1. The third kappa shape index (κ3) is 3.60. The van der Waals surface area contributed by atoms with Gasteiger partial charge in [0, 0.05) is 17.9 Å².